The zero-order chi connectivity index (χ0) is 13.7. The van der Waals surface area contributed by atoms with Gasteiger partial charge in [-0.05, 0) is 37.1 Å². The second-order valence-electron chi connectivity index (χ2n) is 4.84. The van der Waals surface area contributed by atoms with Crippen LogP contribution in [0.5, 0.6) is 0 Å². The van der Waals surface area contributed by atoms with Crippen molar-refractivity contribution in [1.82, 2.24) is 0 Å². The molecule has 0 atom stereocenters. The van der Waals surface area contributed by atoms with E-state index < -0.39 is 0 Å². The summed E-state index contributed by atoms with van der Waals surface area (Å²) >= 11 is 0. The van der Waals surface area contributed by atoms with Crippen LogP contribution in [0.1, 0.15) is 27.9 Å². The van der Waals surface area contributed by atoms with Gasteiger partial charge in [0.2, 0.25) is 0 Å². The quantitative estimate of drug-likeness (QED) is 0.816. The fourth-order valence-electron chi connectivity index (χ4n) is 2.17. The van der Waals surface area contributed by atoms with Gasteiger partial charge < -0.3 is 5.32 Å². The van der Waals surface area contributed by atoms with Crippen molar-refractivity contribution in [2.45, 2.75) is 20.3 Å². The molecule has 19 heavy (non-hydrogen) atoms. The topological polar surface area (TPSA) is 29.1 Å². The molecule has 0 saturated heterocycles. The number of rotatable bonds is 5. The van der Waals surface area contributed by atoms with Crippen LogP contribution in [-0.4, -0.2) is 12.3 Å². The first-order valence-electron chi connectivity index (χ1n) is 6.55. The molecule has 0 fully saturated rings. The number of benzene rings is 2. The first-order valence-corrected chi connectivity index (χ1v) is 6.55. The molecule has 0 unspecified atom stereocenters. The Labute approximate surface area is 114 Å². The fourth-order valence-corrected chi connectivity index (χ4v) is 2.17. The summed E-state index contributed by atoms with van der Waals surface area (Å²) in [4.78, 5) is 11.9. The van der Waals surface area contributed by atoms with E-state index in [4.69, 9.17) is 0 Å². The maximum absolute atomic E-state index is 11.9. The summed E-state index contributed by atoms with van der Waals surface area (Å²) in [7, 11) is 0. The van der Waals surface area contributed by atoms with E-state index in [0.29, 0.717) is 13.0 Å². The van der Waals surface area contributed by atoms with Crippen LogP contribution >= 0.6 is 0 Å². The molecule has 2 nitrogen and oxygen atoms in total. The highest BCUT2D eigenvalue weighted by Gasteiger charge is 2.04. The minimum absolute atomic E-state index is 0.178. The van der Waals surface area contributed by atoms with Crippen molar-refractivity contribution in [2.75, 3.05) is 11.9 Å². The summed E-state index contributed by atoms with van der Waals surface area (Å²) in [6.07, 6.45) is 0.511. The van der Waals surface area contributed by atoms with Crippen LogP contribution in [0.25, 0.3) is 0 Å². The molecule has 0 heterocycles. The summed E-state index contributed by atoms with van der Waals surface area (Å²) in [5.41, 5.74) is 4.33. The van der Waals surface area contributed by atoms with Crippen molar-refractivity contribution in [2.24, 2.45) is 0 Å². The van der Waals surface area contributed by atoms with Gasteiger partial charge in [0.15, 0.2) is 5.78 Å². The van der Waals surface area contributed by atoms with E-state index in [2.05, 4.69) is 37.4 Å². The molecule has 2 aromatic carbocycles. The number of carbonyl (C=O) groups excluding carboxylic acids is 1. The minimum Gasteiger partial charge on any atom is -0.385 e. The van der Waals surface area contributed by atoms with Crippen LogP contribution in [0.2, 0.25) is 0 Å². The predicted molar refractivity (Wildman–Crippen MR) is 79.8 cm³/mol. The van der Waals surface area contributed by atoms with E-state index >= 15 is 0 Å². The normalized spacial score (nSPS) is 10.2. The Morgan fingerprint density at radius 2 is 1.63 bits per heavy atom. The zero-order valence-corrected chi connectivity index (χ0v) is 11.4. The molecule has 98 valence electrons. The average Bonchev–Trinajstić information content (AvgIpc) is 2.38. The Kier molecular flexibility index (Phi) is 4.35. The third-order valence-electron chi connectivity index (χ3n) is 3.00. The Balaban J connectivity index is 1.88. The third kappa shape index (κ3) is 3.95. The van der Waals surface area contributed by atoms with E-state index in [1.54, 1.807) is 0 Å². The molecule has 2 rings (SSSR count). The Morgan fingerprint density at radius 1 is 1.00 bits per heavy atom. The van der Waals surface area contributed by atoms with E-state index in [9.17, 15) is 4.79 Å². The smallest absolute Gasteiger partial charge is 0.164 e. The van der Waals surface area contributed by atoms with E-state index in [-0.39, 0.29) is 5.78 Å². The van der Waals surface area contributed by atoms with Crippen molar-refractivity contribution < 1.29 is 4.79 Å². The molecule has 1 N–H and O–H groups in total. The van der Waals surface area contributed by atoms with Crippen LogP contribution in [0.15, 0.2) is 48.5 Å². The molecular weight excluding hydrogens is 234 g/mol. The third-order valence-corrected chi connectivity index (χ3v) is 3.00. The number of anilines is 1. The standard InChI is InChI=1S/C17H19NO/c1-13-10-14(2)12-16(11-13)18-9-8-17(19)15-6-4-3-5-7-15/h3-7,10-12,18H,8-9H2,1-2H3. The van der Waals surface area contributed by atoms with Crippen LogP contribution in [0, 0.1) is 13.8 Å². The lowest BCUT2D eigenvalue weighted by Crippen LogP contribution is -2.09. The number of hydrogen-bond acceptors (Lipinski definition) is 2. The van der Waals surface area contributed by atoms with Gasteiger partial charge in [-0.1, -0.05) is 36.4 Å². The van der Waals surface area contributed by atoms with E-state index in [1.807, 2.05) is 30.3 Å². The molecule has 0 spiro atoms. The highest BCUT2D eigenvalue weighted by atomic mass is 16.1. The van der Waals surface area contributed by atoms with Gasteiger partial charge in [-0.25, -0.2) is 0 Å². The molecule has 0 aliphatic carbocycles. The molecule has 0 saturated carbocycles. The summed E-state index contributed by atoms with van der Waals surface area (Å²) in [5.74, 6) is 0.178. The predicted octanol–water partition coefficient (Wildman–Crippen LogP) is 3.99. The molecule has 0 aliphatic heterocycles. The Hall–Kier alpha value is -2.09. The first-order chi connectivity index (χ1) is 9.15. The van der Waals surface area contributed by atoms with Gasteiger partial charge in [-0.15, -0.1) is 0 Å². The van der Waals surface area contributed by atoms with Gasteiger partial charge in [0.05, 0.1) is 0 Å². The molecule has 0 amide bonds. The number of Topliss-reactive ketones (excluding diaryl/α,β-unsaturated/α-hetero) is 1. The zero-order valence-electron chi connectivity index (χ0n) is 11.4. The van der Waals surface area contributed by atoms with Gasteiger partial charge in [0, 0.05) is 24.2 Å². The number of hydrogen-bond donors (Lipinski definition) is 1. The van der Waals surface area contributed by atoms with Crippen molar-refractivity contribution in [1.29, 1.82) is 0 Å². The van der Waals surface area contributed by atoms with Gasteiger partial charge in [-0.2, -0.15) is 0 Å². The van der Waals surface area contributed by atoms with E-state index in [0.717, 1.165) is 11.3 Å². The highest BCUT2D eigenvalue weighted by molar-refractivity contribution is 5.96. The molecule has 0 radical (unpaired) electrons. The summed E-state index contributed by atoms with van der Waals surface area (Å²) in [6.45, 7) is 4.82. The van der Waals surface area contributed by atoms with Crippen molar-refractivity contribution >= 4 is 11.5 Å². The van der Waals surface area contributed by atoms with Crippen LogP contribution in [-0.2, 0) is 0 Å². The van der Waals surface area contributed by atoms with Crippen LogP contribution in [0.4, 0.5) is 5.69 Å². The largest absolute Gasteiger partial charge is 0.385 e. The van der Waals surface area contributed by atoms with Crippen LogP contribution in [0.3, 0.4) is 0 Å². The highest BCUT2D eigenvalue weighted by Crippen LogP contribution is 2.14. The van der Waals surface area contributed by atoms with Crippen LogP contribution < -0.4 is 5.32 Å². The summed E-state index contributed by atoms with van der Waals surface area (Å²) in [6, 6.07) is 15.8. The molecular formula is C17H19NO. The summed E-state index contributed by atoms with van der Waals surface area (Å²) in [5, 5.41) is 3.31. The number of carbonyl (C=O) groups is 1. The maximum Gasteiger partial charge on any atom is 0.164 e. The first kappa shape index (κ1) is 13.3. The van der Waals surface area contributed by atoms with Crippen molar-refractivity contribution in [3.63, 3.8) is 0 Å². The second-order valence-corrected chi connectivity index (χ2v) is 4.84. The van der Waals surface area contributed by atoms with Gasteiger partial charge in [0.1, 0.15) is 0 Å². The fraction of sp³-hybridized carbons (Fsp3) is 0.235. The summed E-state index contributed by atoms with van der Waals surface area (Å²) < 4.78 is 0. The lowest BCUT2D eigenvalue weighted by Gasteiger charge is -2.08. The van der Waals surface area contributed by atoms with Gasteiger partial charge in [-0.3, -0.25) is 4.79 Å². The number of aryl methyl sites for hydroxylation is 2. The number of ketones is 1. The molecule has 2 heteroatoms. The van der Waals surface area contributed by atoms with Gasteiger partial charge in [0.25, 0.3) is 0 Å². The average molecular weight is 253 g/mol. The monoisotopic (exact) mass is 253 g/mol. The lowest BCUT2D eigenvalue weighted by molar-refractivity contribution is 0.0986. The molecule has 2 aromatic rings. The molecule has 0 bridgehead atoms. The lowest BCUT2D eigenvalue weighted by atomic mass is 10.1. The minimum atomic E-state index is 0.178. The maximum atomic E-state index is 11.9. The SMILES string of the molecule is Cc1cc(C)cc(NCCC(=O)c2ccccc2)c1. The van der Waals surface area contributed by atoms with Crippen molar-refractivity contribution in [3.05, 3.63) is 65.2 Å². The molecule has 0 aromatic heterocycles. The Morgan fingerprint density at radius 3 is 2.26 bits per heavy atom. The van der Waals surface area contributed by atoms with Gasteiger partial charge >= 0.3 is 0 Å². The second kappa shape index (κ2) is 6.19. The number of nitrogens with one attached hydrogen (secondary N) is 1. The molecule has 0 aliphatic rings. The van der Waals surface area contributed by atoms with Crippen molar-refractivity contribution in [3.8, 4) is 0 Å². The Bertz CT molecular complexity index is 540. The van der Waals surface area contributed by atoms with E-state index in [1.165, 1.54) is 11.1 Å².